The zero-order valence-electron chi connectivity index (χ0n) is 11.7. The molecule has 0 aliphatic carbocycles. The first-order chi connectivity index (χ1) is 9.77. The van der Waals surface area contributed by atoms with Gasteiger partial charge in [-0.15, -0.1) is 0 Å². The van der Waals surface area contributed by atoms with E-state index in [1.807, 2.05) is 6.92 Å². The lowest BCUT2D eigenvalue weighted by Gasteiger charge is -2.18. The number of carbonyl (C=O) groups excluding carboxylic acids is 1. The van der Waals surface area contributed by atoms with Crippen LogP contribution in [0.5, 0.6) is 0 Å². The van der Waals surface area contributed by atoms with E-state index in [1.165, 1.54) is 0 Å². The Hall–Kier alpha value is -2.32. The lowest BCUT2D eigenvalue weighted by molar-refractivity contribution is -0.140. The van der Waals surface area contributed by atoms with Crippen molar-refractivity contribution in [2.45, 2.75) is 51.1 Å². The van der Waals surface area contributed by atoms with Gasteiger partial charge >= 0.3 is 23.9 Å². The summed E-state index contributed by atoms with van der Waals surface area (Å²) in [5, 5.41) is 30.5. The Morgan fingerprint density at radius 1 is 0.905 bits per heavy atom. The molecule has 0 spiro atoms. The summed E-state index contributed by atoms with van der Waals surface area (Å²) in [7, 11) is 0. The third-order valence-electron chi connectivity index (χ3n) is 2.70. The first-order valence-electron chi connectivity index (χ1n) is 6.52. The summed E-state index contributed by atoms with van der Waals surface area (Å²) in [6, 6.07) is -3.45. The molecular formula is C12H20N2O7. The van der Waals surface area contributed by atoms with Gasteiger partial charge in [-0.1, -0.05) is 19.8 Å². The van der Waals surface area contributed by atoms with E-state index >= 15 is 0 Å². The number of hydrogen-bond acceptors (Lipinski definition) is 4. The van der Waals surface area contributed by atoms with Crippen molar-refractivity contribution in [3.05, 3.63) is 0 Å². The van der Waals surface area contributed by atoms with Crippen LogP contribution in [0.25, 0.3) is 0 Å². The molecule has 5 N–H and O–H groups in total. The summed E-state index contributed by atoms with van der Waals surface area (Å²) in [4.78, 5) is 43.8. The third kappa shape index (κ3) is 8.45. The van der Waals surface area contributed by atoms with Crippen molar-refractivity contribution in [3.8, 4) is 0 Å². The molecule has 9 nitrogen and oxygen atoms in total. The van der Waals surface area contributed by atoms with Gasteiger partial charge in [-0.3, -0.25) is 4.79 Å². The van der Waals surface area contributed by atoms with Crippen LogP contribution in [-0.2, 0) is 14.4 Å². The molecule has 0 aromatic carbocycles. The zero-order chi connectivity index (χ0) is 16.4. The monoisotopic (exact) mass is 304 g/mol. The predicted octanol–water partition coefficient (Wildman–Crippen LogP) is 0.247. The number of carbonyl (C=O) groups is 4. The molecule has 0 aliphatic rings. The summed E-state index contributed by atoms with van der Waals surface area (Å²) in [6.07, 6.45) is 0.869. The minimum atomic E-state index is -1.39. The van der Waals surface area contributed by atoms with Gasteiger partial charge in [0.05, 0.1) is 0 Å². The van der Waals surface area contributed by atoms with E-state index in [4.69, 9.17) is 15.3 Å². The summed E-state index contributed by atoms with van der Waals surface area (Å²) in [6.45, 7) is 1.87. The minimum absolute atomic E-state index is 0.228. The molecule has 0 fully saturated rings. The van der Waals surface area contributed by atoms with E-state index in [0.29, 0.717) is 6.42 Å². The number of hydrogen-bond donors (Lipinski definition) is 5. The van der Waals surface area contributed by atoms with Crippen LogP contribution in [0.3, 0.4) is 0 Å². The molecule has 0 aromatic rings. The SMILES string of the molecule is CCCCC(NC(=O)NC(CCC(=O)O)C(=O)O)C(=O)O. The molecule has 0 heterocycles. The Kier molecular flexibility index (Phi) is 8.51. The van der Waals surface area contributed by atoms with Crippen molar-refractivity contribution in [1.82, 2.24) is 10.6 Å². The summed E-state index contributed by atoms with van der Waals surface area (Å²) < 4.78 is 0. The Morgan fingerprint density at radius 3 is 1.76 bits per heavy atom. The van der Waals surface area contributed by atoms with Gasteiger partial charge in [0.25, 0.3) is 0 Å². The smallest absolute Gasteiger partial charge is 0.326 e. The molecule has 9 heteroatoms. The fourth-order valence-electron chi connectivity index (χ4n) is 1.55. The van der Waals surface area contributed by atoms with E-state index in [0.717, 1.165) is 6.42 Å². The van der Waals surface area contributed by atoms with Crippen molar-refractivity contribution < 1.29 is 34.5 Å². The number of unbranched alkanes of at least 4 members (excludes halogenated alkanes) is 1. The fourth-order valence-corrected chi connectivity index (χ4v) is 1.55. The molecule has 2 unspecified atom stereocenters. The molecule has 2 amide bonds. The number of rotatable bonds is 10. The van der Waals surface area contributed by atoms with Gasteiger partial charge in [-0.05, 0) is 12.8 Å². The first-order valence-corrected chi connectivity index (χ1v) is 6.52. The summed E-state index contributed by atoms with van der Waals surface area (Å²) in [5.41, 5.74) is 0. The summed E-state index contributed by atoms with van der Waals surface area (Å²) in [5.74, 6) is -3.78. The highest BCUT2D eigenvalue weighted by molar-refractivity contribution is 5.86. The highest BCUT2D eigenvalue weighted by atomic mass is 16.4. The molecule has 21 heavy (non-hydrogen) atoms. The average Bonchev–Trinajstić information content (AvgIpc) is 2.38. The number of carboxylic acids is 3. The van der Waals surface area contributed by atoms with E-state index in [1.54, 1.807) is 0 Å². The number of nitrogens with one attached hydrogen (secondary N) is 2. The Bertz CT molecular complexity index is 397. The van der Waals surface area contributed by atoms with E-state index in [9.17, 15) is 19.2 Å². The van der Waals surface area contributed by atoms with Crippen molar-refractivity contribution in [2.75, 3.05) is 0 Å². The Labute approximate surface area is 121 Å². The quantitative estimate of drug-likeness (QED) is 0.387. The standard InChI is InChI=1S/C12H20N2O7/c1-2-3-4-7(10(17)18)13-12(21)14-8(11(19)20)5-6-9(15)16/h7-8H,2-6H2,1H3,(H,15,16)(H,17,18)(H,19,20)(H2,13,14,21). The highest BCUT2D eigenvalue weighted by Crippen LogP contribution is 2.02. The van der Waals surface area contributed by atoms with Crippen LogP contribution >= 0.6 is 0 Å². The maximum absolute atomic E-state index is 11.6. The molecule has 0 aromatic heterocycles. The third-order valence-corrected chi connectivity index (χ3v) is 2.70. The first kappa shape index (κ1) is 18.7. The topological polar surface area (TPSA) is 153 Å². The van der Waals surface area contributed by atoms with Gasteiger partial charge in [0.15, 0.2) is 0 Å². The van der Waals surface area contributed by atoms with Crippen LogP contribution in [0, 0.1) is 0 Å². The zero-order valence-corrected chi connectivity index (χ0v) is 11.7. The number of urea groups is 1. The van der Waals surface area contributed by atoms with E-state index in [-0.39, 0.29) is 12.8 Å². The maximum atomic E-state index is 11.6. The van der Waals surface area contributed by atoms with Gasteiger partial charge in [-0.25, -0.2) is 14.4 Å². The van der Waals surface area contributed by atoms with Gasteiger partial charge < -0.3 is 26.0 Å². The highest BCUT2D eigenvalue weighted by Gasteiger charge is 2.24. The van der Waals surface area contributed by atoms with Gasteiger partial charge in [-0.2, -0.15) is 0 Å². The molecular weight excluding hydrogens is 284 g/mol. The molecule has 0 rings (SSSR count). The van der Waals surface area contributed by atoms with E-state index < -0.39 is 42.4 Å². The maximum Gasteiger partial charge on any atom is 0.326 e. The Morgan fingerprint density at radius 2 is 1.38 bits per heavy atom. The van der Waals surface area contributed by atoms with Crippen LogP contribution in [0.15, 0.2) is 0 Å². The molecule has 0 saturated heterocycles. The normalized spacial score (nSPS) is 13.0. The van der Waals surface area contributed by atoms with Crippen LogP contribution in [-0.4, -0.2) is 51.3 Å². The van der Waals surface area contributed by atoms with Crippen LogP contribution in [0.2, 0.25) is 0 Å². The number of aliphatic carboxylic acids is 3. The number of carboxylic acid groups (broad SMARTS) is 3. The fraction of sp³-hybridized carbons (Fsp3) is 0.667. The summed E-state index contributed by atoms with van der Waals surface area (Å²) >= 11 is 0. The Balaban J connectivity index is 4.49. The van der Waals surface area contributed by atoms with Crippen molar-refractivity contribution >= 4 is 23.9 Å². The predicted molar refractivity (Wildman–Crippen MR) is 70.9 cm³/mol. The second-order valence-corrected chi connectivity index (χ2v) is 4.47. The molecule has 2 atom stereocenters. The lowest BCUT2D eigenvalue weighted by Crippen LogP contribution is -2.51. The van der Waals surface area contributed by atoms with Gasteiger partial charge in [0.2, 0.25) is 0 Å². The van der Waals surface area contributed by atoms with Crippen LogP contribution in [0.4, 0.5) is 4.79 Å². The molecule has 120 valence electrons. The lowest BCUT2D eigenvalue weighted by atomic mass is 10.1. The largest absolute Gasteiger partial charge is 0.481 e. The molecule has 0 radical (unpaired) electrons. The van der Waals surface area contributed by atoms with Crippen molar-refractivity contribution in [3.63, 3.8) is 0 Å². The van der Waals surface area contributed by atoms with Crippen LogP contribution in [0.1, 0.15) is 39.0 Å². The second-order valence-electron chi connectivity index (χ2n) is 4.47. The van der Waals surface area contributed by atoms with Crippen molar-refractivity contribution in [1.29, 1.82) is 0 Å². The van der Waals surface area contributed by atoms with Crippen LogP contribution < -0.4 is 10.6 Å². The number of amides is 2. The van der Waals surface area contributed by atoms with E-state index in [2.05, 4.69) is 10.6 Å². The van der Waals surface area contributed by atoms with Gasteiger partial charge in [0.1, 0.15) is 12.1 Å². The molecule has 0 bridgehead atoms. The van der Waals surface area contributed by atoms with Crippen molar-refractivity contribution in [2.24, 2.45) is 0 Å². The molecule has 0 saturated carbocycles. The van der Waals surface area contributed by atoms with Gasteiger partial charge in [0, 0.05) is 6.42 Å². The second kappa shape index (κ2) is 9.56. The minimum Gasteiger partial charge on any atom is -0.481 e. The average molecular weight is 304 g/mol. The molecule has 0 aliphatic heterocycles.